The molecular formula is C19H24Cl2FN3O2. The number of carbonyl (C=O) groups is 1. The third-order valence-corrected chi connectivity index (χ3v) is 4.50. The molecule has 1 heterocycles. The summed E-state index contributed by atoms with van der Waals surface area (Å²) in [5.41, 5.74) is 6.75. The van der Waals surface area contributed by atoms with E-state index in [0.29, 0.717) is 24.6 Å². The molecule has 5 nitrogen and oxygen atoms in total. The second kappa shape index (κ2) is 11.1. The van der Waals surface area contributed by atoms with Crippen LogP contribution in [0.1, 0.15) is 31.2 Å². The van der Waals surface area contributed by atoms with E-state index in [9.17, 15) is 9.18 Å². The number of rotatable bonds is 6. The summed E-state index contributed by atoms with van der Waals surface area (Å²) in [6, 6.07) is 9.58. The molecule has 0 unspecified atom stereocenters. The van der Waals surface area contributed by atoms with E-state index in [1.165, 1.54) is 12.1 Å². The largest absolute Gasteiger partial charge is 0.439 e. The average Bonchev–Trinajstić information content (AvgIpc) is 2.99. The first-order valence-electron chi connectivity index (χ1n) is 8.51. The number of nitrogens with one attached hydrogen (secondary N) is 1. The van der Waals surface area contributed by atoms with Crippen molar-refractivity contribution in [1.82, 2.24) is 10.3 Å². The standard InChI is InChI=1S/C19H22FN3O2.2ClH/c20-15-6-2-7-16(11-15)25-19-14(5-3-9-22-19)12-23-18(24)10-13-4-1-8-17(13)21;;/h2-3,5-7,9,11,13,17H,1,4,8,10,12,21H2,(H,23,24);2*1H/t13-,17+;;/m0../s1. The summed E-state index contributed by atoms with van der Waals surface area (Å²) in [7, 11) is 0. The minimum Gasteiger partial charge on any atom is -0.439 e. The maximum atomic E-state index is 13.3. The molecule has 1 fully saturated rings. The Balaban J connectivity index is 0.00000182. The van der Waals surface area contributed by atoms with Gasteiger partial charge in [0.15, 0.2) is 0 Å². The quantitative estimate of drug-likeness (QED) is 0.747. The Kier molecular flexibility index (Phi) is 9.49. The Morgan fingerprint density at radius 3 is 2.78 bits per heavy atom. The monoisotopic (exact) mass is 415 g/mol. The first-order chi connectivity index (χ1) is 12.1. The highest BCUT2D eigenvalue weighted by Gasteiger charge is 2.26. The van der Waals surface area contributed by atoms with Crippen molar-refractivity contribution < 1.29 is 13.9 Å². The van der Waals surface area contributed by atoms with Crippen LogP contribution in [0.15, 0.2) is 42.6 Å². The lowest BCUT2D eigenvalue weighted by atomic mass is 10.00. The van der Waals surface area contributed by atoms with Gasteiger partial charge in [0.25, 0.3) is 0 Å². The summed E-state index contributed by atoms with van der Waals surface area (Å²) in [5, 5.41) is 2.90. The molecule has 1 aromatic heterocycles. The summed E-state index contributed by atoms with van der Waals surface area (Å²) >= 11 is 0. The first kappa shape index (κ1) is 23.1. The molecule has 148 valence electrons. The second-order valence-corrected chi connectivity index (χ2v) is 6.36. The molecule has 1 aliphatic carbocycles. The highest BCUT2D eigenvalue weighted by Crippen LogP contribution is 2.27. The number of ether oxygens (including phenoxy) is 1. The zero-order chi connectivity index (χ0) is 17.6. The summed E-state index contributed by atoms with van der Waals surface area (Å²) in [6.45, 7) is 0.305. The van der Waals surface area contributed by atoms with Crippen molar-refractivity contribution in [2.45, 2.75) is 38.3 Å². The predicted molar refractivity (Wildman–Crippen MR) is 107 cm³/mol. The summed E-state index contributed by atoms with van der Waals surface area (Å²) in [6.07, 6.45) is 5.13. The molecule has 3 rings (SSSR count). The van der Waals surface area contributed by atoms with Crippen LogP contribution in [0.2, 0.25) is 0 Å². The fourth-order valence-electron chi connectivity index (χ4n) is 3.12. The van der Waals surface area contributed by atoms with Gasteiger partial charge in [0.1, 0.15) is 11.6 Å². The van der Waals surface area contributed by atoms with E-state index in [0.717, 1.165) is 24.8 Å². The van der Waals surface area contributed by atoms with E-state index in [-0.39, 0.29) is 48.5 Å². The molecule has 0 saturated heterocycles. The number of amides is 1. The van der Waals surface area contributed by atoms with Gasteiger partial charge in [-0.25, -0.2) is 9.37 Å². The Morgan fingerprint density at radius 1 is 1.26 bits per heavy atom. The van der Waals surface area contributed by atoms with Crippen molar-refractivity contribution in [3.8, 4) is 11.6 Å². The zero-order valence-corrected chi connectivity index (χ0v) is 16.4. The highest BCUT2D eigenvalue weighted by atomic mass is 35.5. The number of hydrogen-bond acceptors (Lipinski definition) is 4. The maximum Gasteiger partial charge on any atom is 0.224 e. The van der Waals surface area contributed by atoms with Crippen molar-refractivity contribution >= 4 is 30.7 Å². The van der Waals surface area contributed by atoms with Crippen LogP contribution >= 0.6 is 24.8 Å². The maximum absolute atomic E-state index is 13.3. The molecule has 0 bridgehead atoms. The summed E-state index contributed by atoms with van der Waals surface area (Å²) in [5.74, 6) is 0.574. The van der Waals surface area contributed by atoms with E-state index in [1.807, 2.05) is 6.07 Å². The fraction of sp³-hybridized carbons (Fsp3) is 0.368. The number of pyridine rings is 1. The molecule has 0 spiro atoms. The van der Waals surface area contributed by atoms with Crippen LogP contribution in [0.4, 0.5) is 4.39 Å². The second-order valence-electron chi connectivity index (χ2n) is 6.36. The number of nitrogens with zero attached hydrogens (tertiary/aromatic N) is 1. The molecule has 0 radical (unpaired) electrons. The molecule has 8 heteroatoms. The molecule has 1 saturated carbocycles. The van der Waals surface area contributed by atoms with Crippen LogP contribution in [-0.2, 0) is 11.3 Å². The van der Waals surface area contributed by atoms with Crippen LogP contribution < -0.4 is 15.8 Å². The van der Waals surface area contributed by atoms with Gasteiger partial charge in [-0.1, -0.05) is 18.6 Å². The van der Waals surface area contributed by atoms with Gasteiger partial charge in [-0.3, -0.25) is 4.79 Å². The molecule has 0 aliphatic heterocycles. The van der Waals surface area contributed by atoms with E-state index < -0.39 is 0 Å². The normalized spacial score (nSPS) is 18.1. The number of nitrogens with two attached hydrogens (primary N) is 1. The first-order valence-corrected chi connectivity index (χ1v) is 8.51. The van der Waals surface area contributed by atoms with Gasteiger partial charge in [-0.15, -0.1) is 24.8 Å². The van der Waals surface area contributed by atoms with Gasteiger partial charge in [0, 0.05) is 36.8 Å². The number of aromatic nitrogens is 1. The van der Waals surface area contributed by atoms with Crippen LogP contribution in [0.3, 0.4) is 0 Å². The Bertz CT molecular complexity index is 748. The van der Waals surface area contributed by atoms with E-state index in [2.05, 4.69) is 10.3 Å². The van der Waals surface area contributed by atoms with Gasteiger partial charge in [0.05, 0.1) is 0 Å². The average molecular weight is 416 g/mol. The van der Waals surface area contributed by atoms with Crippen molar-refractivity contribution in [2.24, 2.45) is 11.7 Å². The zero-order valence-electron chi connectivity index (χ0n) is 14.8. The topological polar surface area (TPSA) is 77.2 Å². The number of benzene rings is 1. The Morgan fingerprint density at radius 2 is 2.07 bits per heavy atom. The minimum atomic E-state index is -0.379. The molecule has 27 heavy (non-hydrogen) atoms. The van der Waals surface area contributed by atoms with Crippen molar-refractivity contribution in [3.63, 3.8) is 0 Å². The van der Waals surface area contributed by atoms with Crippen LogP contribution in [-0.4, -0.2) is 16.9 Å². The molecule has 3 N–H and O–H groups in total. The van der Waals surface area contributed by atoms with Crippen LogP contribution in [0.25, 0.3) is 0 Å². The fourth-order valence-corrected chi connectivity index (χ4v) is 3.12. The lowest BCUT2D eigenvalue weighted by Gasteiger charge is -2.15. The molecule has 2 atom stereocenters. The van der Waals surface area contributed by atoms with Crippen molar-refractivity contribution in [2.75, 3.05) is 0 Å². The summed E-state index contributed by atoms with van der Waals surface area (Å²) < 4.78 is 18.9. The van der Waals surface area contributed by atoms with Gasteiger partial charge < -0.3 is 15.8 Å². The Hall–Kier alpha value is -1.89. The van der Waals surface area contributed by atoms with Crippen molar-refractivity contribution in [3.05, 3.63) is 54.0 Å². The van der Waals surface area contributed by atoms with Gasteiger partial charge in [0.2, 0.25) is 11.8 Å². The number of hydrogen-bond donors (Lipinski definition) is 2. The van der Waals surface area contributed by atoms with Crippen molar-refractivity contribution in [1.29, 1.82) is 0 Å². The van der Waals surface area contributed by atoms with E-state index in [4.69, 9.17) is 10.5 Å². The minimum absolute atomic E-state index is 0. The molecule has 1 amide bonds. The van der Waals surface area contributed by atoms with E-state index >= 15 is 0 Å². The third kappa shape index (κ3) is 6.65. The van der Waals surface area contributed by atoms with Crippen LogP contribution in [0, 0.1) is 11.7 Å². The molecule has 2 aromatic rings. The Labute approximate surface area is 170 Å². The molecule has 1 aliphatic rings. The van der Waals surface area contributed by atoms with Gasteiger partial charge in [-0.05, 0) is 37.0 Å². The van der Waals surface area contributed by atoms with Gasteiger partial charge in [-0.2, -0.15) is 0 Å². The van der Waals surface area contributed by atoms with E-state index in [1.54, 1.807) is 24.4 Å². The SMILES string of the molecule is Cl.Cl.N[C@@H]1CCC[C@H]1CC(=O)NCc1cccnc1Oc1cccc(F)c1. The smallest absolute Gasteiger partial charge is 0.224 e. The number of halogens is 3. The number of carbonyl (C=O) groups excluding carboxylic acids is 1. The molecular weight excluding hydrogens is 392 g/mol. The predicted octanol–water partition coefficient (Wildman–Crippen LogP) is 3.99. The highest BCUT2D eigenvalue weighted by molar-refractivity contribution is 5.85. The lowest BCUT2D eigenvalue weighted by Crippen LogP contribution is -2.31. The van der Waals surface area contributed by atoms with Gasteiger partial charge >= 0.3 is 0 Å². The molecule has 1 aromatic carbocycles. The lowest BCUT2D eigenvalue weighted by molar-refractivity contribution is -0.122. The van der Waals surface area contributed by atoms with Crippen LogP contribution in [0.5, 0.6) is 11.6 Å². The summed E-state index contributed by atoms with van der Waals surface area (Å²) in [4.78, 5) is 16.3. The third-order valence-electron chi connectivity index (χ3n) is 4.50.